The van der Waals surface area contributed by atoms with Crippen LogP contribution in [0.15, 0.2) is 0 Å². The molecule has 0 radical (unpaired) electrons. The fraction of sp³-hybridized carbons (Fsp3) is 0.938. The first-order valence-electron chi connectivity index (χ1n) is 7.93. The van der Waals surface area contributed by atoms with E-state index in [9.17, 15) is 9.90 Å². The van der Waals surface area contributed by atoms with Gasteiger partial charge in [-0.1, -0.05) is 29.5 Å². The molecule has 0 aromatic rings. The molecule has 4 fully saturated rings. The van der Waals surface area contributed by atoms with Crippen molar-refractivity contribution in [3.05, 3.63) is 0 Å². The molecule has 1 unspecified atom stereocenters. The number of rotatable bonds is 4. The molecule has 0 heterocycles. The van der Waals surface area contributed by atoms with Crippen LogP contribution in [0.1, 0.15) is 52.4 Å². The van der Waals surface area contributed by atoms with E-state index in [1.165, 1.54) is 6.42 Å². The van der Waals surface area contributed by atoms with Crippen LogP contribution in [0.5, 0.6) is 0 Å². The molecule has 0 amide bonds. The second-order valence-corrected chi connectivity index (χ2v) is 9.80. The van der Waals surface area contributed by atoms with Crippen LogP contribution in [0, 0.1) is 23.7 Å². The van der Waals surface area contributed by atoms with E-state index in [1.807, 2.05) is 13.8 Å². The van der Waals surface area contributed by atoms with Crippen LogP contribution < -0.4 is 0 Å². The standard InChI is InChI=1S/C16H25IO3/c1-3-15(2,17)14(18)20-9-16(19)12-5-10-4-11(7-12)8-13(16)6-10/h10-13,19H,3-9H2,1-2H3. The van der Waals surface area contributed by atoms with Gasteiger partial charge >= 0.3 is 5.97 Å². The fourth-order valence-electron chi connectivity index (χ4n) is 4.71. The van der Waals surface area contributed by atoms with Crippen molar-refractivity contribution in [1.82, 2.24) is 0 Å². The Kier molecular flexibility index (Phi) is 3.85. The van der Waals surface area contributed by atoms with Gasteiger partial charge in [0.1, 0.15) is 15.6 Å². The van der Waals surface area contributed by atoms with E-state index in [0.29, 0.717) is 11.8 Å². The predicted octanol–water partition coefficient (Wildman–Crippen LogP) is 3.32. The van der Waals surface area contributed by atoms with Crippen LogP contribution in [0.4, 0.5) is 0 Å². The van der Waals surface area contributed by atoms with Crippen LogP contribution in [-0.2, 0) is 9.53 Å². The molecular weight excluding hydrogens is 367 g/mol. The Bertz CT molecular complexity index is 377. The number of aliphatic hydroxyl groups is 1. The second kappa shape index (κ2) is 5.11. The summed E-state index contributed by atoms with van der Waals surface area (Å²) in [5.74, 6) is 2.17. The Morgan fingerprint density at radius 1 is 1.25 bits per heavy atom. The van der Waals surface area contributed by atoms with Crippen LogP contribution in [0.2, 0.25) is 0 Å². The number of halogens is 1. The van der Waals surface area contributed by atoms with E-state index < -0.39 is 9.02 Å². The molecule has 0 aromatic carbocycles. The normalized spacial score (nSPS) is 45.2. The molecule has 0 aliphatic heterocycles. The van der Waals surface area contributed by atoms with Gasteiger partial charge in [0.25, 0.3) is 0 Å². The molecule has 1 N–H and O–H groups in total. The number of hydrogen-bond donors (Lipinski definition) is 1. The molecule has 3 nitrogen and oxygen atoms in total. The Labute approximate surface area is 135 Å². The van der Waals surface area contributed by atoms with Gasteiger partial charge in [-0.2, -0.15) is 0 Å². The van der Waals surface area contributed by atoms with Crippen molar-refractivity contribution in [1.29, 1.82) is 0 Å². The Hall–Kier alpha value is 0.160. The molecule has 4 aliphatic rings. The Morgan fingerprint density at radius 2 is 1.75 bits per heavy atom. The van der Waals surface area contributed by atoms with Crippen molar-refractivity contribution in [3.8, 4) is 0 Å². The summed E-state index contributed by atoms with van der Waals surface area (Å²) in [5, 5.41) is 11.1. The Morgan fingerprint density at radius 3 is 2.20 bits per heavy atom. The molecule has 4 rings (SSSR count). The third-order valence-electron chi connectivity index (χ3n) is 6.08. The van der Waals surface area contributed by atoms with E-state index in [0.717, 1.165) is 43.9 Å². The minimum atomic E-state index is -0.746. The van der Waals surface area contributed by atoms with E-state index in [4.69, 9.17) is 4.74 Å². The lowest BCUT2D eigenvalue weighted by atomic mass is 9.50. The van der Waals surface area contributed by atoms with Gasteiger partial charge in [0, 0.05) is 0 Å². The maximum Gasteiger partial charge on any atom is 0.321 e. The minimum Gasteiger partial charge on any atom is -0.462 e. The summed E-state index contributed by atoms with van der Waals surface area (Å²) in [7, 11) is 0. The van der Waals surface area contributed by atoms with Gasteiger partial charge in [-0.25, -0.2) is 0 Å². The largest absolute Gasteiger partial charge is 0.462 e. The molecule has 4 aliphatic carbocycles. The molecule has 114 valence electrons. The van der Waals surface area contributed by atoms with E-state index >= 15 is 0 Å². The van der Waals surface area contributed by atoms with Crippen molar-refractivity contribution in [2.75, 3.05) is 6.61 Å². The zero-order chi connectivity index (χ0) is 14.5. The fourth-order valence-corrected chi connectivity index (χ4v) is 4.87. The molecule has 0 aromatic heterocycles. The average Bonchev–Trinajstić information content (AvgIpc) is 2.41. The van der Waals surface area contributed by atoms with Crippen molar-refractivity contribution in [2.24, 2.45) is 23.7 Å². The smallest absolute Gasteiger partial charge is 0.321 e. The topological polar surface area (TPSA) is 46.5 Å². The van der Waals surface area contributed by atoms with E-state index in [1.54, 1.807) is 0 Å². The van der Waals surface area contributed by atoms with Crippen molar-refractivity contribution in [3.63, 3.8) is 0 Å². The lowest BCUT2D eigenvalue weighted by Crippen LogP contribution is -2.60. The molecule has 20 heavy (non-hydrogen) atoms. The first-order valence-corrected chi connectivity index (χ1v) is 9.01. The molecule has 4 saturated carbocycles. The second-order valence-electron chi connectivity index (χ2n) is 7.42. The van der Waals surface area contributed by atoms with Crippen LogP contribution in [-0.4, -0.2) is 26.7 Å². The third-order valence-corrected chi connectivity index (χ3v) is 7.28. The van der Waals surface area contributed by atoms with Crippen LogP contribution in [0.3, 0.4) is 0 Å². The highest BCUT2D eigenvalue weighted by Gasteiger charge is 2.57. The van der Waals surface area contributed by atoms with Crippen molar-refractivity contribution < 1.29 is 14.6 Å². The van der Waals surface area contributed by atoms with Gasteiger partial charge in [-0.05, 0) is 69.1 Å². The van der Waals surface area contributed by atoms with Gasteiger partial charge in [0.2, 0.25) is 0 Å². The first kappa shape index (κ1) is 15.1. The van der Waals surface area contributed by atoms with Gasteiger partial charge in [0.15, 0.2) is 0 Å². The number of ether oxygens (including phenoxy) is 1. The number of carbonyl (C=O) groups excluding carboxylic acids is 1. The summed E-state index contributed by atoms with van der Waals surface area (Å²) in [4.78, 5) is 12.1. The van der Waals surface area contributed by atoms with E-state index in [-0.39, 0.29) is 12.6 Å². The van der Waals surface area contributed by atoms with Crippen molar-refractivity contribution >= 4 is 28.6 Å². The third kappa shape index (κ3) is 2.40. The summed E-state index contributed by atoms with van der Waals surface area (Å²) < 4.78 is 5.06. The highest BCUT2D eigenvalue weighted by molar-refractivity contribution is 14.1. The summed E-state index contributed by atoms with van der Waals surface area (Å²) in [6.07, 6.45) is 6.66. The molecule has 4 bridgehead atoms. The van der Waals surface area contributed by atoms with Gasteiger partial charge in [-0.15, -0.1) is 0 Å². The molecule has 4 heteroatoms. The number of alkyl halides is 1. The maximum atomic E-state index is 12.1. The number of hydrogen-bond acceptors (Lipinski definition) is 3. The first-order chi connectivity index (χ1) is 9.35. The predicted molar refractivity (Wildman–Crippen MR) is 85.7 cm³/mol. The Balaban J connectivity index is 1.66. The van der Waals surface area contributed by atoms with Gasteiger partial charge in [-0.3, -0.25) is 4.79 Å². The zero-order valence-electron chi connectivity index (χ0n) is 12.4. The molecule has 0 saturated heterocycles. The molecular formula is C16H25IO3. The summed E-state index contributed by atoms with van der Waals surface area (Å²) in [6.45, 7) is 4.10. The zero-order valence-corrected chi connectivity index (χ0v) is 14.6. The molecule has 1 atom stereocenters. The minimum absolute atomic E-state index is 0.178. The lowest BCUT2D eigenvalue weighted by Gasteiger charge is -2.58. The van der Waals surface area contributed by atoms with Crippen LogP contribution in [0.25, 0.3) is 0 Å². The lowest BCUT2D eigenvalue weighted by molar-refractivity contribution is -0.203. The maximum absolute atomic E-state index is 12.1. The van der Waals surface area contributed by atoms with Crippen molar-refractivity contribution in [2.45, 2.75) is 61.4 Å². The van der Waals surface area contributed by atoms with E-state index in [2.05, 4.69) is 22.6 Å². The number of carbonyl (C=O) groups is 1. The summed E-state index contributed by atoms with van der Waals surface area (Å²) in [5.41, 5.74) is -0.746. The van der Waals surface area contributed by atoms with Gasteiger partial charge < -0.3 is 9.84 Å². The average molecular weight is 392 g/mol. The SMILES string of the molecule is CCC(C)(I)C(=O)OCC1(O)C2CC3CC(C2)CC1C3. The van der Waals surface area contributed by atoms with Gasteiger partial charge in [0.05, 0.1) is 0 Å². The van der Waals surface area contributed by atoms with Crippen LogP contribution >= 0.6 is 22.6 Å². The quantitative estimate of drug-likeness (QED) is 0.454. The number of esters is 1. The molecule has 0 spiro atoms. The summed E-state index contributed by atoms with van der Waals surface area (Å²) >= 11 is 2.15. The highest BCUT2D eigenvalue weighted by Crippen LogP contribution is 2.58. The monoisotopic (exact) mass is 392 g/mol. The highest BCUT2D eigenvalue weighted by atomic mass is 127. The summed E-state index contributed by atoms with van der Waals surface area (Å²) in [6, 6.07) is 0.